The minimum absolute atomic E-state index is 0.0792. The summed E-state index contributed by atoms with van der Waals surface area (Å²) in [6.45, 7) is 1.81. The zero-order valence-electron chi connectivity index (χ0n) is 13.5. The molecule has 0 spiro atoms. The highest BCUT2D eigenvalue weighted by atomic mass is 35.5. The molecule has 0 saturated heterocycles. The van der Waals surface area contributed by atoms with Gasteiger partial charge in [-0.25, -0.2) is 0 Å². The van der Waals surface area contributed by atoms with Gasteiger partial charge in [0.15, 0.2) is 11.5 Å². The topological polar surface area (TPSA) is 85.3 Å². The maximum atomic E-state index is 12.5. The molecule has 1 aromatic carbocycles. The van der Waals surface area contributed by atoms with Gasteiger partial charge in [0.2, 0.25) is 5.91 Å². The molecular formula is C16H13ClF2N4O3. The molecule has 0 radical (unpaired) electrons. The normalized spacial score (nSPS) is 11.1. The third kappa shape index (κ3) is 3.88. The van der Waals surface area contributed by atoms with E-state index in [1.165, 1.54) is 11.0 Å². The third-order valence-corrected chi connectivity index (χ3v) is 3.68. The molecule has 26 heavy (non-hydrogen) atoms. The van der Waals surface area contributed by atoms with Gasteiger partial charge in [-0.05, 0) is 18.2 Å². The van der Waals surface area contributed by atoms with Crippen molar-refractivity contribution in [2.45, 2.75) is 26.3 Å². The molecule has 0 bridgehead atoms. The Bertz CT molecular complexity index is 912. The quantitative estimate of drug-likeness (QED) is 0.633. The van der Waals surface area contributed by atoms with Gasteiger partial charge in [-0.2, -0.15) is 8.78 Å². The zero-order chi connectivity index (χ0) is 18.7. The highest BCUT2D eigenvalue weighted by Gasteiger charge is 2.21. The van der Waals surface area contributed by atoms with E-state index in [-0.39, 0.29) is 30.5 Å². The van der Waals surface area contributed by atoms with Crippen LogP contribution in [0, 0.1) is 0 Å². The predicted octanol–water partition coefficient (Wildman–Crippen LogP) is 4.26. The van der Waals surface area contributed by atoms with E-state index in [1.807, 2.05) is 0 Å². The molecule has 2 aromatic heterocycles. The van der Waals surface area contributed by atoms with Gasteiger partial charge in [0.25, 0.3) is 11.8 Å². The van der Waals surface area contributed by atoms with Crippen molar-refractivity contribution in [2.75, 3.05) is 4.90 Å². The van der Waals surface area contributed by atoms with Crippen LogP contribution in [0.25, 0.3) is 11.6 Å². The fourth-order valence-corrected chi connectivity index (χ4v) is 2.41. The summed E-state index contributed by atoms with van der Waals surface area (Å²) in [6.07, 6.45) is -2.60. The highest BCUT2D eigenvalue weighted by molar-refractivity contribution is 6.30. The Hall–Kier alpha value is -2.81. The molecule has 0 atom stereocenters. The summed E-state index contributed by atoms with van der Waals surface area (Å²) in [5, 5.41) is 11.0. The first-order valence-electron chi connectivity index (χ1n) is 7.61. The monoisotopic (exact) mass is 382 g/mol. The molecule has 0 aliphatic rings. The molecule has 0 saturated carbocycles. The smallest absolute Gasteiger partial charge is 0.314 e. The molecule has 0 unspecified atom stereocenters. The summed E-state index contributed by atoms with van der Waals surface area (Å²) >= 11 is 5.99. The Morgan fingerprint density at radius 2 is 2.12 bits per heavy atom. The molecule has 1 amide bonds. The Morgan fingerprint density at radius 1 is 1.31 bits per heavy atom. The molecule has 0 fully saturated rings. The second-order valence-electron chi connectivity index (χ2n) is 5.24. The highest BCUT2D eigenvalue weighted by Crippen LogP contribution is 2.26. The lowest BCUT2D eigenvalue weighted by molar-refractivity contribution is -0.118. The third-order valence-electron chi connectivity index (χ3n) is 3.44. The van der Waals surface area contributed by atoms with E-state index in [1.54, 1.807) is 31.2 Å². The molecule has 0 aliphatic heterocycles. The van der Waals surface area contributed by atoms with Crippen LogP contribution in [0.15, 0.2) is 39.3 Å². The number of nitrogens with zero attached hydrogens (tertiary/aromatic N) is 4. The van der Waals surface area contributed by atoms with Crippen molar-refractivity contribution in [3.8, 4) is 11.6 Å². The van der Waals surface area contributed by atoms with Gasteiger partial charge < -0.3 is 13.8 Å². The number of hydrogen-bond acceptors (Lipinski definition) is 6. The lowest BCUT2D eigenvalue weighted by Gasteiger charge is -2.21. The zero-order valence-corrected chi connectivity index (χ0v) is 14.3. The first-order valence-corrected chi connectivity index (χ1v) is 7.99. The van der Waals surface area contributed by atoms with E-state index in [9.17, 15) is 13.6 Å². The molecular weight excluding hydrogens is 370 g/mol. The average molecular weight is 383 g/mol. The fraction of sp³-hybridized carbons (Fsp3) is 0.250. The van der Waals surface area contributed by atoms with Crippen LogP contribution in [0.5, 0.6) is 0 Å². The van der Waals surface area contributed by atoms with E-state index in [2.05, 4.69) is 15.4 Å². The van der Waals surface area contributed by atoms with E-state index in [4.69, 9.17) is 20.5 Å². The number of amides is 1. The minimum Gasteiger partial charge on any atom is -0.413 e. The summed E-state index contributed by atoms with van der Waals surface area (Å²) in [7, 11) is 0. The molecule has 136 valence electrons. The number of carbonyl (C=O) groups is 1. The number of anilines is 1. The summed E-state index contributed by atoms with van der Waals surface area (Å²) in [6, 6.07) is 8.26. The summed E-state index contributed by atoms with van der Waals surface area (Å²) < 4.78 is 35.1. The number of alkyl halides is 2. The van der Waals surface area contributed by atoms with Crippen LogP contribution in [0.4, 0.5) is 14.5 Å². The summed E-state index contributed by atoms with van der Waals surface area (Å²) in [5.74, 6) is -0.820. The number of hydrogen-bond donors (Lipinski definition) is 0. The van der Waals surface area contributed by atoms with Gasteiger partial charge in [-0.3, -0.25) is 4.79 Å². The van der Waals surface area contributed by atoms with E-state index >= 15 is 0 Å². The van der Waals surface area contributed by atoms with Crippen LogP contribution >= 0.6 is 11.6 Å². The number of benzene rings is 1. The molecule has 10 heteroatoms. The number of aromatic nitrogens is 3. The first-order chi connectivity index (χ1) is 12.5. The Morgan fingerprint density at radius 3 is 2.77 bits per heavy atom. The van der Waals surface area contributed by atoms with Gasteiger partial charge in [0.05, 0.1) is 6.54 Å². The van der Waals surface area contributed by atoms with Crippen LogP contribution in [0.1, 0.15) is 31.4 Å². The van der Waals surface area contributed by atoms with E-state index in [0.717, 1.165) is 0 Å². The number of carbonyl (C=O) groups excluding carboxylic acids is 1. The van der Waals surface area contributed by atoms with Crippen LogP contribution in [-0.4, -0.2) is 21.3 Å². The van der Waals surface area contributed by atoms with E-state index < -0.39 is 12.3 Å². The molecule has 7 nitrogen and oxygen atoms in total. The van der Waals surface area contributed by atoms with Crippen molar-refractivity contribution in [3.05, 3.63) is 47.0 Å². The van der Waals surface area contributed by atoms with Gasteiger partial charge in [0, 0.05) is 23.2 Å². The van der Waals surface area contributed by atoms with Crippen LogP contribution in [-0.2, 0) is 11.3 Å². The number of halogens is 3. The maximum absolute atomic E-state index is 12.5. The van der Waals surface area contributed by atoms with Crippen molar-refractivity contribution in [1.82, 2.24) is 15.4 Å². The molecule has 0 N–H and O–H groups in total. The van der Waals surface area contributed by atoms with Gasteiger partial charge in [0.1, 0.15) is 0 Å². The van der Waals surface area contributed by atoms with Crippen LogP contribution in [0.2, 0.25) is 5.02 Å². The molecule has 0 aliphatic carbocycles. The maximum Gasteiger partial charge on any atom is 0.314 e. The van der Waals surface area contributed by atoms with Crippen molar-refractivity contribution < 1.29 is 22.5 Å². The minimum atomic E-state index is -2.87. The lowest BCUT2D eigenvalue weighted by Crippen LogP contribution is -2.29. The largest absolute Gasteiger partial charge is 0.413 e. The second-order valence-corrected chi connectivity index (χ2v) is 5.67. The lowest BCUT2D eigenvalue weighted by atomic mass is 10.2. The summed E-state index contributed by atoms with van der Waals surface area (Å²) in [4.78, 5) is 13.8. The van der Waals surface area contributed by atoms with Gasteiger partial charge in [-0.1, -0.05) is 29.7 Å². The van der Waals surface area contributed by atoms with Crippen LogP contribution < -0.4 is 4.90 Å². The van der Waals surface area contributed by atoms with Crippen molar-refractivity contribution in [2.24, 2.45) is 0 Å². The Balaban J connectivity index is 1.83. The van der Waals surface area contributed by atoms with Gasteiger partial charge >= 0.3 is 6.43 Å². The molecule has 2 heterocycles. The average Bonchev–Trinajstić information content (AvgIpc) is 3.28. The predicted molar refractivity (Wildman–Crippen MR) is 87.7 cm³/mol. The molecule has 3 rings (SSSR count). The number of rotatable bonds is 6. The first kappa shape index (κ1) is 18.0. The Kier molecular flexibility index (Phi) is 5.27. The van der Waals surface area contributed by atoms with Crippen LogP contribution in [0.3, 0.4) is 0 Å². The SMILES string of the molecule is CCC(=O)N(Cc1cc(-c2nnc(C(F)F)o2)no1)c1cccc(Cl)c1. The fourth-order valence-electron chi connectivity index (χ4n) is 2.23. The Labute approximate surface area is 151 Å². The second kappa shape index (κ2) is 7.61. The van der Waals surface area contributed by atoms with Gasteiger partial charge in [-0.15, -0.1) is 10.2 Å². The van der Waals surface area contributed by atoms with Crippen molar-refractivity contribution in [3.63, 3.8) is 0 Å². The van der Waals surface area contributed by atoms with E-state index in [0.29, 0.717) is 16.5 Å². The molecule has 3 aromatic rings. The van der Waals surface area contributed by atoms with Crippen molar-refractivity contribution in [1.29, 1.82) is 0 Å². The summed E-state index contributed by atoms with van der Waals surface area (Å²) in [5.41, 5.74) is 0.703. The van der Waals surface area contributed by atoms with Crippen molar-refractivity contribution >= 4 is 23.2 Å². The standard InChI is InChI=1S/C16H13ClF2N4O3/c1-2-13(24)23(10-5-3-4-9(17)6-10)8-11-7-12(22-26-11)15-20-21-16(25-15)14(18)19/h3-7,14H,2,8H2,1H3.